The molecule has 3 N–H and O–H groups in total. The number of benzene rings is 1. The Kier molecular flexibility index (Phi) is 3.93. The molecule has 1 aliphatic heterocycles. The summed E-state index contributed by atoms with van der Waals surface area (Å²) in [6.45, 7) is 3.11. The fourth-order valence-corrected chi connectivity index (χ4v) is 2.20. The summed E-state index contributed by atoms with van der Waals surface area (Å²) in [5.74, 6) is -0.365. The molecule has 0 amide bonds. The molecule has 1 fully saturated rings. The van der Waals surface area contributed by atoms with E-state index >= 15 is 0 Å². The smallest absolute Gasteiger partial charge is 0.123 e. The predicted molar refractivity (Wildman–Crippen MR) is 62.3 cm³/mol. The van der Waals surface area contributed by atoms with Crippen molar-refractivity contribution in [3.63, 3.8) is 0 Å². The lowest BCUT2D eigenvalue weighted by Gasteiger charge is -2.34. The number of nitrogens with one attached hydrogen (secondary N) is 1. The second kappa shape index (κ2) is 5.44. The Balaban J connectivity index is 2.24. The maximum absolute atomic E-state index is 13.2. The van der Waals surface area contributed by atoms with Crippen molar-refractivity contribution in [3.8, 4) is 5.75 Å². The van der Waals surface area contributed by atoms with Crippen LogP contribution in [-0.2, 0) is 0 Å². The van der Waals surface area contributed by atoms with Crippen molar-refractivity contribution in [1.29, 1.82) is 0 Å². The van der Waals surface area contributed by atoms with Gasteiger partial charge in [-0.15, -0.1) is 0 Å². The maximum Gasteiger partial charge on any atom is 0.123 e. The van der Waals surface area contributed by atoms with Gasteiger partial charge in [0.15, 0.2) is 0 Å². The number of phenolic OH excluding ortho intramolecular Hbond substituents is 1. The molecule has 0 unspecified atom stereocenters. The largest absolute Gasteiger partial charge is 0.508 e. The van der Waals surface area contributed by atoms with Gasteiger partial charge < -0.3 is 15.5 Å². The molecule has 4 nitrogen and oxygen atoms in total. The second-order valence-corrected chi connectivity index (χ2v) is 4.19. The molecular weight excluding hydrogens is 223 g/mol. The van der Waals surface area contributed by atoms with Crippen LogP contribution in [0.1, 0.15) is 11.6 Å². The Morgan fingerprint density at radius 3 is 2.71 bits per heavy atom. The SMILES string of the molecule is OC[C@H](c1cc(F)ccc1O)N1CCNCC1. The molecule has 1 heterocycles. The van der Waals surface area contributed by atoms with E-state index in [0.717, 1.165) is 26.2 Å². The van der Waals surface area contributed by atoms with Gasteiger partial charge >= 0.3 is 0 Å². The van der Waals surface area contributed by atoms with Crippen LogP contribution in [0.2, 0.25) is 0 Å². The summed E-state index contributed by atoms with van der Waals surface area (Å²) in [6, 6.07) is 3.49. The van der Waals surface area contributed by atoms with Gasteiger partial charge in [-0.2, -0.15) is 0 Å². The topological polar surface area (TPSA) is 55.7 Å². The number of aliphatic hydroxyl groups excluding tert-OH is 1. The Morgan fingerprint density at radius 2 is 2.06 bits per heavy atom. The first-order chi connectivity index (χ1) is 8.22. The van der Waals surface area contributed by atoms with E-state index < -0.39 is 5.82 Å². The normalized spacial score (nSPS) is 19.2. The third-order valence-corrected chi connectivity index (χ3v) is 3.11. The Labute approximate surface area is 99.7 Å². The number of rotatable bonds is 3. The number of aromatic hydroxyl groups is 1. The first kappa shape index (κ1) is 12.3. The van der Waals surface area contributed by atoms with Crippen molar-refractivity contribution < 1.29 is 14.6 Å². The van der Waals surface area contributed by atoms with E-state index in [2.05, 4.69) is 5.32 Å². The lowest BCUT2D eigenvalue weighted by molar-refractivity contribution is 0.109. The van der Waals surface area contributed by atoms with E-state index in [1.807, 2.05) is 4.90 Å². The highest BCUT2D eigenvalue weighted by molar-refractivity contribution is 5.35. The Bertz CT molecular complexity index is 381. The van der Waals surface area contributed by atoms with Crippen LogP contribution in [0.5, 0.6) is 5.75 Å². The molecule has 0 bridgehead atoms. The second-order valence-electron chi connectivity index (χ2n) is 4.19. The van der Waals surface area contributed by atoms with Crippen molar-refractivity contribution >= 4 is 0 Å². The van der Waals surface area contributed by atoms with Gasteiger partial charge in [0, 0.05) is 31.7 Å². The Hall–Kier alpha value is -1.17. The van der Waals surface area contributed by atoms with Crippen LogP contribution < -0.4 is 5.32 Å². The van der Waals surface area contributed by atoms with Crippen LogP contribution in [0.15, 0.2) is 18.2 Å². The monoisotopic (exact) mass is 240 g/mol. The number of hydrogen-bond acceptors (Lipinski definition) is 4. The molecule has 1 atom stereocenters. The van der Waals surface area contributed by atoms with Gasteiger partial charge in [0.1, 0.15) is 11.6 Å². The summed E-state index contributed by atoms with van der Waals surface area (Å²) in [5, 5.41) is 22.4. The van der Waals surface area contributed by atoms with Crippen LogP contribution >= 0.6 is 0 Å². The molecule has 1 aromatic rings. The Morgan fingerprint density at radius 1 is 1.35 bits per heavy atom. The number of piperazine rings is 1. The highest BCUT2D eigenvalue weighted by atomic mass is 19.1. The van der Waals surface area contributed by atoms with Gasteiger partial charge in [0.25, 0.3) is 0 Å². The first-order valence-corrected chi connectivity index (χ1v) is 5.76. The number of nitrogens with zero attached hydrogens (tertiary/aromatic N) is 1. The predicted octanol–water partition coefficient (Wildman–Crippen LogP) is 0.470. The van der Waals surface area contributed by atoms with Crippen LogP contribution in [-0.4, -0.2) is 47.9 Å². The zero-order chi connectivity index (χ0) is 12.3. The van der Waals surface area contributed by atoms with Crippen molar-refractivity contribution in [2.45, 2.75) is 6.04 Å². The molecule has 1 aromatic carbocycles. The summed E-state index contributed by atoms with van der Waals surface area (Å²) >= 11 is 0. The van der Waals surface area contributed by atoms with E-state index in [0.29, 0.717) is 5.56 Å². The van der Waals surface area contributed by atoms with Gasteiger partial charge in [-0.1, -0.05) is 0 Å². The van der Waals surface area contributed by atoms with E-state index in [1.165, 1.54) is 18.2 Å². The van der Waals surface area contributed by atoms with Crippen LogP contribution in [0, 0.1) is 5.82 Å². The highest BCUT2D eigenvalue weighted by Crippen LogP contribution is 2.29. The molecule has 1 aliphatic rings. The minimum Gasteiger partial charge on any atom is -0.508 e. The van der Waals surface area contributed by atoms with E-state index in [9.17, 15) is 14.6 Å². The van der Waals surface area contributed by atoms with Crippen molar-refractivity contribution in [3.05, 3.63) is 29.6 Å². The fraction of sp³-hybridized carbons (Fsp3) is 0.500. The lowest BCUT2D eigenvalue weighted by atomic mass is 10.0. The lowest BCUT2D eigenvalue weighted by Crippen LogP contribution is -2.46. The maximum atomic E-state index is 13.2. The van der Waals surface area contributed by atoms with Crippen molar-refractivity contribution in [2.75, 3.05) is 32.8 Å². The summed E-state index contributed by atoms with van der Waals surface area (Å²) < 4.78 is 13.2. The molecule has 94 valence electrons. The van der Waals surface area contributed by atoms with Crippen LogP contribution in [0.3, 0.4) is 0 Å². The van der Waals surface area contributed by atoms with Gasteiger partial charge in [0.2, 0.25) is 0 Å². The summed E-state index contributed by atoms with van der Waals surface area (Å²) in [6.07, 6.45) is 0. The third kappa shape index (κ3) is 2.74. The molecule has 0 radical (unpaired) electrons. The molecule has 17 heavy (non-hydrogen) atoms. The first-order valence-electron chi connectivity index (χ1n) is 5.76. The van der Waals surface area contributed by atoms with E-state index in [4.69, 9.17) is 0 Å². The summed E-state index contributed by atoms with van der Waals surface area (Å²) in [5.41, 5.74) is 0.453. The third-order valence-electron chi connectivity index (χ3n) is 3.11. The number of phenols is 1. The molecule has 1 saturated heterocycles. The number of hydrogen-bond donors (Lipinski definition) is 3. The standard InChI is InChI=1S/C12H17FN2O2/c13-9-1-2-12(17)10(7-9)11(8-16)15-5-3-14-4-6-15/h1-2,7,11,14,16-17H,3-6,8H2/t11-/m1/s1. The number of halogens is 1. The average molecular weight is 240 g/mol. The number of aliphatic hydroxyl groups is 1. The molecular formula is C12H17FN2O2. The van der Waals surface area contributed by atoms with Crippen molar-refractivity contribution in [2.24, 2.45) is 0 Å². The van der Waals surface area contributed by atoms with Gasteiger partial charge in [0.05, 0.1) is 12.6 Å². The van der Waals surface area contributed by atoms with Gasteiger partial charge in [-0.05, 0) is 18.2 Å². The van der Waals surface area contributed by atoms with Crippen molar-refractivity contribution in [1.82, 2.24) is 10.2 Å². The quantitative estimate of drug-likeness (QED) is 0.719. The van der Waals surface area contributed by atoms with Crippen LogP contribution in [0.4, 0.5) is 4.39 Å². The molecule has 5 heteroatoms. The highest BCUT2D eigenvalue weighted by Gasteiger charge is 2.24. The molecule has 0 aliphatic carbocycles. The van der Waals surface area contributed by atoms with E-state index in [1.54, 1.807) is 0 Å². The van der Waals surface area contributed by atoms with E-state index in [-0.39, 0.29) is 18.4 Å². The zero-order valence-electron chi connectivity index (χ0n) is 9.56. The molecule has 2 rings (SSSR count). The average Bonchev–Trinajstić information content (AvgIpc) is 2.36. The molecule has 0 saturated carbocycles. The van der Waals surface area contributed by atoms with Gasteiger partial charge in [-0.3, -0.25) is 4.90 Å². The minimum absolute atomic E-state index is 0.0315. The molecule has 0 aromatic heterocycles. The van der Waals surface area contributed by atoms with Crippen LogP contribution in [0.25, 0.3) is 0 Å². The molecule has 0 spiro atoms. The summed E-state index contributed by atoms with van der Waals surface area (Å²) in [4.78, 5) is 2.05. The minimum atomic E-state index is -0.397. The van der Waals surface area contributed by atoms with Gasteiger partial charge in [-0.25, -0.2) is 4.39 Å². The fourth-order valence-electron chi connectivity index (χ4n) is 2.20. The zero-order valence-corrected chi connectivity index (χ0v) is 9.56. The summed E-state index contributed by atoms with van der Waals surface area (Å²) in [7, 11) is 0.